The van der Waals surface area contributed by atoms with Crippen molar-refractivity contribution in [3.63, 3.8) is 0 Å². The predicted octanol–water partition coefficient (Wildman–Crippen LogP) is 4.58. The smallest absolute Gasteiger partial charge is 0.257 e. The highest BCUT2D eigenvalue weighted by molar-refractivity contribution is 7.11. The number of anilines is 3. The number of hydrogen-bond donors (Lipinski definition) is 2. The highest BCUT2D eigenvalue weighted by atomic mass is 35.5. The summed E-state index contributed by atoms with van der Waals surface area (Å²) in [6, 6.07) is 13.2. The average molecular weight is 425 g/mol. The Balaban J connectivity index is 1.66. The van der Waals surface area contributed by atoms with E-state index in [0.717, 1.165) is 22.0 Å². The molecule has 0 aliphatic carbocycles. The van der Waals surface area contributed by atoms with Gasteiger partial charge in [0.2, 0.25) is 11.9 Å². The number of nitrogens with zero attached hydrogens (tertiary/aromatic N) is 6. The van der Waals surface area contributed by atoms with Crippen LogP contribution >= 0.6 is 22.9 Å². The Morgan fingerprint density at radius 1 is 1.07 bits per heavy atom. The summed E-state index contributed by atoms with van der Waals surface area (Å²) in [7, 11) is 0. The Morgan fingerprint density at radius 2 is 1.86 bits per heavy atom. The maximum Gasteiger partial charge on any atom is 0.257 e. The highest BCUT2D eigenvalue weighted by Gasteiger charge is 2.12. The molecule has 0 saturated heterocycles. The lowest BCUT2D eigenvalue weighted by Gasteiger charge is -2.09. The van der Waals surface area contributed by atoms with E-state index in [9.17, 15) is 0 Å². The van der Waals surface area contributed by atoms with E-state index in [-0.39, 0.29) is 0 Å². The van der Waals surface area contributed by atoms with E-state index in [1.807, 2.05) is 49.6 Å². The molecule has 2 N–H and O–H groups in total. The van der Waals surface area contributed by atoms with Crippen molar-refractivity contribution in [3.05, 3.63) is 69.1 Å². The van der Waals surface area contributed by atoms with E-state index >= 15 is 0 Å². The molecule has 0 aliphatic heterocycles. The number of hydrogen-bond acceptors (Lipinski definition) is 8. The molecule has 29 heavy (non-hydrogen) atoms. The van der Waals surface area contributed by atoms with Gasteiger partial charge in [-0.2, -0.15) is 25.2 Å². The van der Waals surface area contributed by atoms with Gasteiger partial charge in [0.15, 0.2) is 0 Å². The fraction of sp³-hybridized carbons (Fsp3) is 0.105. The minimum Gasteiger partial charge on any atom is -0.324 e. The minimum atomic E-state index is 0.298. The molecule has 0 aliphatic rings. The van der Waals surface area contributed by atoms with Crippen LogP contribution in [-0.4, -0.2) is 30.9 Å². The fourth-order valence-corrected chi connectivity index (χ4v) is 3.29. The van der Waals surface area contributed by atoms with Gasteiger partial charge in [-0.25, -0.2) is 10.1 Å². The monoisotopic (exact) mass is 424 g/mol. The number of halogens is 1. The van der Waals surface area contributed by atoms with E-state index < -0.39 is 0 Å². The summed E-state index contributed by atoms with van der Waals surface area (Å²) in [5.74, 6) is 1.04. The predicted molar refractivity (Wildman–Crippen MR) is 117 cm³/mol. The van der Waals surface area contributed by atoms with Gasteiger partial charge in [-0.05, 0) is 55.6 Å². The number of aryl methyl sites for hydroxylation is 2. The van der Waals surface area contributed by atoms with Crippen LogP contribution in [0, 0.1) is 13.8 Å². The Kier molecular flexibility index (Phi) is 5.50. The van der Waals surface area contributed by atoms with Crippen LogP contribution in [0.25, 0.3) is 5.95 Å². The third-order valence-corrected chi connectivity index (χ3v) is 4.88. The van der Waals surface area contributed by atoms with Crippen LogP contribution < -0.4 is 10.7 Å². The van der Waals surface area contributed by atoms with Gasteiger partial charge in [0, 0.05) is 21.3 Å². The van der Waals surface area contributed by atoms with E-state index in [1.165, 1.54) is 0 Å². The van der Waals surface area contributed by atoms with Gasteiger partial charge >= 0.3 is 0 Å². The summed E-state index contributed by atoms with van der Waals surface area (Å²) in [5.41, 5.74) is 5.46. The summed E-state index contributed by atoms with van der Waals surface area (Å²) in [4.78, 5) is 14.4. The van der Waals surface area contributed by atoms with Crippen LogP contribution in [0.4, 0.5) is 17.6 Å². The zero-order chi connectivity index (χ0) is 20.2. The molecule has 8 nitrogen and oxygen atoms in total. The number of thiophene rings is 1. The molecule has 10 heteroatoms. The van der Waals surface area contributed by atoms with E-state index in [4.69, 9.17) is 11.6 Å². The molecule has 0 amide bonds. The van der Waals surface area contributed by atoms with Gasteiger partial charge in [0.1, 0.15) is 0 Å². The molecular weight excluding hydrogens is 408 g/mol. The van der Waals surface area contributed by atoms with Gasteiger partial charge in [0.05, 0.1) is 11.9 Å². The van der Waals surface area contributed by atoms with E-state index in [1.54, 1.807) is 34.4 Å². The first-order chi connectivity index (χ1) is 14.1. The average Bonchev–Trinajstić information content (AvgIpc) is 3.33. The Labute approximate surface area is 176 Å². The van der Waals surface area contributed by atoms with Gasteiger partial charge in [0.25, 0.3) is 5.95 Å². The first-order valence-corrected chi connectivity index (χ1v) is 9.97. The second kappa shape index (κ2) is 8.38. The van der Waals surface area contributed by atoms with Crippen LogP contribution in [0.2, 0.25) is 5.02 Å². The SMILES string of the molecule is Cc1cc(C)n(-c2nc(NN=Cc3cccs3)nc(Nc3ccc(Cl)cc3)n2)n1. The topological polar surface area (TPSA) is 92.9 Å². The number of rotatable bonds is 6. The number of benzene rings is 1. The quantitative estimate of drug-likeness (QED) is 0.347. The molecule has 4 aromatic rings. The largest absolute Gasteiger partial charge is 0.324 e. The first-order valence-electron chi connectivity index (χ1n) is 8.72. The van der Waals surface area contributed by atoms with Gasteiger partial charge in [-0.15, -0.1) is 11.3 Å². The van der Waals surface area contributed by atoms with E-state index in [0.29, 0.717) is 22.9 Å². The van der Waals surface area contributed by atoms with Crippen LogP contribution in [0.15, 0.2) is 52.9 Å². The summed E-state index contributed by atoms with van der Waals surface area (Å²) in [5, 5.41) is 14.5. The molecule has 0 bridgehead atoms. The van der Waals surface area contributed by atoms with Crippen molar-refractivity contribution < 1.29 is 0 Å². The Hall–Kier alpha value is -3.30. The molecule has 3 heterocycles. The van der Waals surface area contributed by atoms with Crippen molar-refractivity contribution in [1.29, 1.82) is 0 Å². The Morgan fingerprint density at radius 3 is 2.55 bits per heavy atom. The van der Waals surface area contributed by atoms with Crippen molar-refractivity contribution >= 4 is 46.7 Å². The lowest BCUT2D eigenvalue weighted by atomic mass is 10.3. The second-order valence-electron chi connectivity index (χ2n) is 6.14. The summed E-state index contributed by atoms with van der Waals surface area (Å²) in [6.45, 7) is 3.86. The van der Waals surface area contributed by atoms with Crippen molar-refractivity contribution in [2.75, 3.05) is 10.7 Å². The molecular formula is C19H17ClN8S. The molecule has 3 aromatic heterocycles. The molecule has 0 radical (unpaired) electrons. The third kappa shape index (κ3) is 4.76. The molecule has 4 rings (SSSR count). The van der Waals surface area contributed by atoms with Gasteiger partial charge in [-0.1, -0.05) is 17.7 Å². The number of hydrazone groups is 1. The van der Waals surface area contributed by atoms with Crippen molar-refractivity contribution in [3.8, 4) is 5.95 Å². The summed E-state index contributed by atoms with van der Waals surface area (Å²) >= 11 is 7.55. The van der Waals surface area contributed by atoms with Gasteiger partial charge in [-0.3, -0.25) is 0 Å². The molecule has 0 atom stereocenters. The Bertz CT molecular complexity index is 1140. The first kappa shape index (κ1) is 19.0. The molecule has 0 saturated carbocycles. The molecule has 0 fully saturated rings. The van der Waals surface area contributed by atoms with Gasteiger partial charge < -0.3 is 5.32 Å². The number of aromatic nitrogens is 5. The van der Waals surface area contributed by atoms with Crippen LogP contribution in [0.5, 0.6) is 0 Å². The molecule has 146 valence electrons. The van der Waals surface area contributed by atoms with Crippen molar-refractivity contribution in [2.45, 2.75) is 13.8 Å². The molecule has 0 spiro atoms. The normalized spacial score (nSPS) is 11.1. The maximum absolute atomic E-state index is 5.96. The zero-order valence-corrected chi connectivity index (χ0v) is 17.2. The highest BCUT2D eigenvalue weighted by Crippen LogP contribution is 2.19. The molecule has 0 unspecified atom stereocenters. The standard InChI is InChI=1S/C19H17ClN8S/c1-12-10-13(2)28(27-12)19-24-17(22-15-7-5-14(20)6-8-15)23-18(25-19)26-21-11-16-4-3-9-29-16/h3-11H,1-2H3,(H2,22,23,24,25,26). The molecule has 1 aromatic carbocycles. The van der Waals surface area contributed by atoms with Crippen LogP contribution in [-0.2, 0) is 0 Å². The summed E-state index contributed by atoms with van der Waals surface area (Å²) in [6.07, 6.45) is 1.71. The van der Waals surface area contributed by atoms with Crippen molar-refractivity contribution in [2.24, 2.45) is 5.10 Å². The third-order valence-electron chi connectivity index (χ3n) is 3.82. The van der Waals surface area contributed by atoms with E-state index in [2.05, 4.69) is 35.9 Å². The van der Waals surface area contributed by atoms with Crippen LogP contribution in [0.3, 0.4) is 0 Å². The minimum absolute atomic E-state index is 0.298. The summed E-state index contributed by atoms with van der Waals surface area (Å²) < 4.78 is 1.66. The lowest BCUT2D eigenvalue weighted by molar-refractivity contribution is 0.767. The fourth-order valence-electron chi connectivity index (χ4n) is 2.58. The second-order valence-corrected chi connectivity index (χ2v) is 7.55. The van der Waals surface area contributed by atoms with Crippen molar-refractivity contribution in [1.82, 2.24) is 24.7 Å². The zero-order valence-electron chi connectivity index (χ0n) is 15.7. The number of nitrogens with one attached hydrogen (secondary N) is 2. The maximum atomic E-state index is 5.96. The lowest BCUT2D eigenvalue weighted by Crippen LogP contribution is -2.11. The van der Waals surface area contributed by atoms with Crippen LogP contribution in [0.1, 0.15) is 16.3 Å².